The number of halogens is 2. The molecule has 1 aliphatic rings. The van der Waals surface area contributed by atoms with Crippen LogP contribution in [0.1, 0.15) is 10.4 Å². The molecule has 1 heterocycles. The molecule has 1 aliphatic heterocycles. The van der Waals surface area contributed by atoms with Gasteiger partial charge in [0.2, 0.25) is 0 Å². The quantitative estimate of drug-likeness (QED) is 0.788. The van der Waals surface area contributed by atoms with E-state index in [9.17, 15) is 9.59 Å². The first-order valence-corrected chi connectivity index (χ1v) is 6.36. The molecule has 1 amide bonds. The zero-order valence-corrected chi connectivity index (χ0v) is 11.4. The number of hydrogen-bond donors (Lipinski definition) is 0. The molecular weight excluding hydrogens is 293 g/mol. The van der Waals surface area contributed by atoms with E-state index in [1.165, 1.54) is 17.0 Å². The average Bonchev–Trinajstić information content (AvgIpc) is 2.42. The molecule has 0 unspecified atom stereocenters. The summed E-state index contributed by atoms with van der Waals surface area (Å²) in [6.45, 7) is 1.81. The Hall–Kier alpha value is -1.30. The lowest BCUT2D eigenvalue weighted by atomic mass is 10.2. The normalized spacial score (nSPS) is 15.2. The monoisotopic (exact) mass is 303 g/mol. The van der Waals surface area contributed by atoms with E-state index >= 15 is 0 Å². The Morgan fingerprint density at radius 2 is 2.00 bits per heavy atom. The van der Waals surface area contributed by atoms with Gasteiger partial charge in [-0.15, -0.1) is 0 Å². The van der Waals surface area contributed by atoms with Crippen molar-refractivity contribution in [1.82, 2.24) is 4.90 Å². The smallest absolute Gasteiger partial charge is 0.408 e. The van der Waals surface area contributed by atoms with Crippen LogP contribution in [0.15, 0.2) is 12.1 Å². The van der Waals surface area contributed by atoms with Crippen molar-refractivity contribution >= 4 is 35.6 Å². The van der Waals surface area contributed by atoms with Crippen LogP contribution >= 0.6 is 23.2 Å². The largest absolute Gasteiger partial charge is 0.415 e. The van der Waals surface area contributed by atoms with Gasteiger partial charge in [0.15, 0.2) is 12.0 Å². The highest BCUT2D eigenvalue weighted by Crippen LogP contribution is 2.31. The SMILES string of the molecule is O=Cc1cc(Cl)cc(Cl)c1OC(=O)N1CCOCC1. The van der Waals surface area contributed by atoms with Crippen molar-refractivity contribution in [3.05, 3.63) is 27.7 Å². The molecule has 2 rings (SSSR count). The van der Waals surface area contributed by atoms with Crippen LogP contribution in [-0.4, -0.2) is 43.6 Å². The molecule has 0 aliphatic carbocycles. The molecule has 0 N–H and O–H groups in total. The van der Waals surface area contributed by atoms with Gasteiger partial charge in [0, 0.05) is 18.1 Å². The van der Waals surface area contributed by atoms with Gasteiger partial charge in [0.05, 0.1) is 23.8 Å². The minimum Gasteiger partial charge on any atom is -0.408 e. The van der Waals surface area contributed by atoms with Crippen molar-refractivity contribution in [3.8, 4) is 5.75 Å². The fraction of sp³-hybridized carbons (Fsp3) is 0.333. The number of morpholine rings is 1. The summed E-state index contributed by atoms with van der Waals surface area (Å²) in [4.78, 5) is 24.3. The highest BCUT2D eigenvalue weighted by atomic mass is 35.5. The standard InChI is InChI=1S/C12H11Cl2NO4/c13-9-5-8(7-16)11(10(14)6-9)19-12(17)15-1-3-18-4-2-15/h5-7H,1-4H2. The highest BCUT2D eigenvalue weighted by molar-refractivity contribution is 6.36. The van der Waals surface area contributed by atoms with Gasteiger partial charge < -0.3 is 14.4 Å². The van der Waals surface area contributed by atoms with E-state index in [0.717, 1.165) is 0 Å². The van der Waals surface area contributed by atoms with E-state index in [0.29, 0.717) is 37.6 Å². The van der Waals surface area contributed by atoms with E-state index in [1.807, 2.05) is 0 Å². The summed E-state index contributed by atoms with van der Waals surface area (Å²) < 4.78 is 10.3. The maximum Gasteiger partial charge on any atom is 0.415 e. The van der Waals surface area contributed by atoms with Crippen LogP contribution in [0.2, 0.25) is 10.0 Å². The zero-order chi connectivity index (χ0) is 13.8. The summed E-state index contributed by atoms with van der Waals surface area (Å²) in [5.41, 5.74) is 0.138. The van der Waals surface area contributed by atoms with Gasteiger partial charge >= 0.3 is 6.09 Å². The first kappa shape index (κ1) is 14.1. The van der Waals surface area contributed by atoms with E-state index in [2.05, 4.69) is 0 Å². The summed E-state index contributed by atoms with van der Waals surface area (Å²) in [6.07, 6.45) is -0.0183. The number of ether oxygens (including phenoxy) is 2. The highest BCUT2D eigenvalue weighted by Gasteiger charge is 2.21. The molecule has 1 saturated heterocycles. The summed E-state index contributed by atoms with van der Waals surface area (Å²) in [7, 11) is 0. The molecule has 102 valence electrons. The van der Waals surface area contributed by atoms with Crippen LogP contribution in [0.25, 0.3) is 0 Å². The fourth-order valence-electron chi connectivity index (χ4n) is 1.67. The van der Waals surface area contributed by atoms with E-state index in [4.69, 9.17) is 32.7 Å². The first-order chi connectivity index (χ1) is 9.11. The Bertz CT molecular complexity index is 501. The van der Waals surface area contributed by atoms with Gasteiger partial charge in [-0.05, 0) is 12.1 Å². The van der Waals surface area contributed by atoms with Crippen LogP contribution in [0.3, 0.4) is 0 Å². The molecule has 0 bridgehead atoms. The number of aldehydes is 1. The second-order valence-electron chi connectivity index (χ2n) is 3.89. The third-order valence-electron chi connectivity index (χ3n) is 2.62. The number of carbonyl (C=O) groups is 2. The molecule has 0 aromatic heterocycles. The minimum atomic E-state index is -0.560. The van der Waals surface area contributed by atoms with Gasteiger partial charge in [-0.3, -0.25) is 4.79 Å². The number of carbonyl (C=O) groups excluding carboxylic acids is 2. The van der Waals surface area contributed by atoms with Gasteiger partial charge in [0.1, 0.15) is 0 Å². The number of rotatable bonds is 2. The Morgan fingerprint density at radius 1 is 1.32 bits per heavy atom. The van der Waals surface area contributed by atoms with Crippen LogP contribution in [-0.2, 0) is 4.74 Å². The predicted octanol–water partition coefficient (Wildman–Crippen LogP) is 2.64. The van der Waals surface area contributed by atoms with Gasteiger partial charge in [0.25, 0.3) is 0 Å². The lowest BCUT2D eigenvalue weighted by molar-refractivity contribution is 0.0415. The lowest BCUT2D eigenvalue weighted by Crippen LogP contribution is -2.42. The first-order valence-electron chi connectivity index (χ1n) is 5.60. The summed E-state index contributed by atoms with van der Waals surface area (Å²) in [6, 6.07) is 2.81. The minimum absolute atomic E-state index is 0.0255. The van der Waals surface area contributed by atoms with Crippen molar-refractivity contribution < 1.29 is 19.1 Å². The van der Waals surface area contributed by atoms with E-state index < -0.39 is 6.09 Å². The Labute approximate surface area is 120 Å². The summed E-state index contributed by atoms with van der Waals surface area (Å²) in [5, 5.41) is 0.425. The van der Waals surface area contributed by atoms with Gasteiger partial charge in [-0.2, -0.15) is 0 Å². The molecule has 0 radical (unpaired) electrons. The summed E-state index contributed by atoms with van der Waals surface area (Å²) >= 11 is 11.7. The number of amides is 1. The van der Waals surface area contributed by atoms with Crippen LogP contribution in [0.4, 0.5) is 4.79 Å². The Balaban J connectivity index is 2.18. The zero-order valence-electron chi connectivity index (χ0n) is 9.90. The maximum absolute atomic E-state index is 11.9. The van der Waals surface area contributed by atoms with Crippen molar-refractivity contribution in [1.29, 1.82) is 0 Å². The van der Waals surface area contributed by atoms with E-state index in [-0.39, 0.29) is 16.3 Å². The molecule has 1 aromatic carbocycles. The fourth-order valence-corrected chi connectivity index (χ4v) is 2.22. The van der Waals surface area contributed by atoms with Crippen LogP contribution in [0, 0.1) is 0 Å². The molecule has 0 spiro atoms. The molecule has 0 atom stereocenters. The van der Waals surface area contributed by atoms with Crippen molar-refractivity contribution in [2.45, 2.75) is 0 Å². The summed E-state index contributed by atoms with van der Waals surface area (Å²) in [5.74, 6) is 0.0255. The third-order valence-corrected chi connectivity index (χ3v) is 3.12. The molecule has 7 heteroatoms. The second-order valence-corrected chi connectivity index (χ2v) is 4.73. The van der Waals surface area contributed by atoms with Crippen molar-refractivity contribution in [2.75, 3.05) is 26.3 Å². The molecule has 1 fully saturated rings. The molecule has 0 saturated carbocycles. The maximum atomic E-state index is 11.9. The molecule has 5 nitrogen and oxygen atoms in total. The van der Waals surface area contributed by atoms with Crippen molar-refractivity contribution in [3.63, 3.8) is 0 Å². The topological polar surface area (TPSA) is 55.8 Å². The predicted molar refractivity (Wildman–Crippen MR) is 70.3 cm³/mol. The lowest BCUT2D eigenvalue weighted by Gasteiger charge is -2.26. The Morgan fingerprint density at radius 3 is 2.63 bits per heavy atom. The van der Waals surface area contributed by atoms with Gasteiger partial charge in [-0.1, -0.05) is 23.2 Å². The third kappa shape index (κ3) is 3.37. The molecule has 19 heavy (non-hydrogen) atoms. The Kier molecular flexibility index (Phi) is 4.63. The van der Waals surface area contributed by atoms with Crippen LogP contribution in [0.5, 0.6) is 5.75 Å². The average molecular weight is 304 g/mol. The van der Waals surface area contributed by atoms with Gasteiger partial charge in [-0.25, -0.2) is 4.79 Å². The number of benzene rings is 1. The number of hydrogen-bond acceptors (Lipinski definition) is 4. The molecular formula is C12H11Cl2NO4. The van der Waals surface area contributed by atoms with E-state index in [1.54, 1.807) is 0 Å². The van der Waals surface area contributed by atoms with Crippen molar-refractivity contribution in [2.24, 2.45) is 0 Å². The number of nitrogens with zero attached hydrogens (tertiary/aromatic N) is 1. The van der Waals surface area contributed by atoms with Crippen LogP contribution < -0.4 is 4.74 Å². The molecule has 1 aromatic rings. The second kappa shape index (κ2) is 6.23.